The largest absolute Gasteiger partial charge is 0.250 e. The fourth-order valence-electron chi connectivity index (χ4n) is 1.03. The van der Waals surface area contributed by atoms with E-state index < -0.39 is 0 Å². The van der Waals surface area contributed by atoms with E-state index in [1.807, 2.05) is 26.0 Å². The van der Waals surface area contributed by atoms with Gasteiger partial charge < -0.3 is 0 Å². The number of hydrogen-bond donors (Lipinski definition) is 1. The number of nitrogens with one attached hydrogen (secondary N) is 1. The second-order valence-electron chi connectivity index (χ2n) is 3.04. The zero-order valence-corrected chi connectivity index (χ0v) is 8.77. The summed E-state index contributed by atoms with van der Waals surface area (Å²) in [6.07, 6.45) is 0. The van der Waals surface area contributed by atoms with E-state index in [0.29, 0.717) is 6.04 Å². The van der Waals surface area contributed by atoms with Gasteiger partial charge in [-0.25, -0.2) is 15.4 Å². The number of aromatic nitrogens is 1. The van der Waals surface area contributed by atoms with E-state index in [2.05, 4.69) is 22.7 Å². The fraction of sp³-hybridized carbons (Fsp3) is 0.625. The maximum absolute atomic E-state index is 4.39. The second kappa shape index (κ2) is 3.98. The van der Waals surface area contributed by atoms with Crippen molar-refractivity contribution in [3.05, 3.63) is 16.1 Å². The third kappa shape index (κ3) is 2.55. The molecule has 1 aromatic heterocycles. The molecule has 0 radical (unpaired) electrons. The molecule has 1 N–H and O–H groups in total. The van der Waals surface area contributed by atoms with Crippen molar-refractivity contribution in [3.63, 3.8) is 0 Å². The average molecular weight is 185 g/mol. The zero-order chi connectivity index (χ0) is 9.14. The smallest absolute Gasteiger partial charge is 0.0898 e. The van der Waals surface area contributed by atoms with Crippen LogP contribution >= 0.6 is 11.3 Å². The van der Waals surface area contributed by atoms with Gasteiger partial charge in [-0.05, 0) is 13.8 Å². The minimum absolute atomic E-state index is 0.296. The van der Waals surface area contributed by atoms with Crippen LogP contribution in [0.15, 0.2) is 5.38 Å². The first-order valence-corrected chi connectivity index (χ1v) is 4.83. The lowest BCUT2D eigenvalue weighted by Gasteiger charge is -2.17. The van der Waals surface area contributed by atoms with Crippen LogP contribution in [0.1, 0.15) is 23.7 Å². The molecule has 0 spiro atoms. The van der Waals surface area contributed by atoms with E-state index in [9.17, 15) is 0 Å². The zero-order valence-electron chi connectivity index (χ0n) is 7.96. The van der Waals surface area contributed by atoms with Crippen molar-refractivity contribution in [2.24, 2.45) is 0 Å². The third-order valence-corrected chi connectivity index (χ3v) is 2.32. The van der Waals surface area contributed by atoms with Gasteiger partial charge in [0.1, 0.15) is 0 Å². The van der Waals surface area contributed by atoms with Crippen LogP contribution in [0.5, 0.6) is 0 Å². The molecule has 1 unspecified atom stereocenters. The molecule has 0 aliphatic heterocycles. The lowest BCUT2D eigenvalue weighted by atomic mass is 10.3. The highest BCUT2D eigenvalue weighted by Gasteiger charge is 2.08. The van der Waals surface area contributed by atoms with Gasteiger partial charge in [-0.15, -0.1) is 11.3 Å². The second-order valence-corrected chi connectivity index (χ2v) is 4.10. The van der Waals surface area contributed by atoms with Gasteiger partial charge in [0, 0.05) is 19.5 Å². The molecule has 1 rings (SSSR count). The fourth-order valence-corrected chi connectivity index (χ4v) is 1.74. The summed E-state index contributed by atoms with van der Waals surface area (Å²) in [5.74, 6) is 0. The van der Waals surface area contributed by atoms with Crippen LogP contribution < -0.4 is 5.43 Å². The van der Waals surface area contributed by atoms with Gasteiger partial charge in [-0.2, -0.15) is 0 Å². The summed E-state index contributed by atoms with van der Waals surface area (Å²) in [6, 6.07) is 0.296. The van der Waals surface area contributed by atoms with Gasteiger partial charge in [0.15, 0.2) is 0 Å². The van der Waals surface area contributed by atoms with Crippen molar-refractivity contribution in [1.82, 2.24) is 15.4 Å². The van der Waals surface area contributed by atoms with Crippen molar-refractivity contribution >= 4 is 11.3 Å². The monoisotopic (exact) mass is 185 g/mol. The van der Waals surface area contributed by atoms with Crippen molar-refractivity contribution in [3.8, 4) is 0 Å². The third-order valence-electron chi connectivity index (χ3n) is 1.53. The number of hydrogen-bond acceptors (Lipinski definition) is 4. The standard InChI is InChI=1S/C8H15N3S/c1-6(10-11(3)4)8-5-12-7(2)9-8/h5-6,10H,1-4H3. The molecule has 0 amide bonds. The van der Waals surface area contributed by atoms with E-state index in [4.69, 9.17) is 0 Å². The van der Waals surface area contributed by atoms with Crippen molar-refractivity contribution in [1.29, 1.82) is 0 Å². The van der Waals surface area contributed by atoms with Gasteiger partial charge in [-0.1, -0.05) is 0 Å². The number of rotatable bonds is 3. The molecule has 4 heteroatoms. The molecule has 0 saturated heterocycles. The van der Waals surface area contributed by atoms with E-state index in [1.54, 1.807) is 11.3 Å². The highest BCUT2D eigenvalue weighted by molar-refractivity contribution is 7.09. The van der Waals surface area contributed by atoms with Gasteiger partial charge in [0.25, 0.3) is 0 Å². The summed E-state index contributed by atoms with van der Waals surface area (Å²) in [6.45, 7) is 4.13. The molecule has 0 aliphatic carbocycles. The van der Waals surface area contributed by atoms with Crippen molar-refractivity contribution in [2.45, 2.75) is 19.9 Å². The minimum Gasteiger partial charge on any atom is -0.250 e. The number of thiazole rings is 1. The van der Waals surface area contributed by atoms with Crippen LogP contribution in [-0.2, 0) is 0 Å². The Hall–Kier alpha value is -0.450. The molecule has 0 fully saturated rings. The topological polar surface area (TPSA) is 28.2 Å². The molecule has 0 aromatic carbocycles. The predicted octanol–water partition coefficient (Wildman–Crippen LogP) is 1.58. The first kappa shape index (κ1) is 9.64. The Kier molecular flexibility index (Phi) is 3.20. The van der Waals surface area contributed by atoms with E-state index in [0.717, 1.165) is 10.7 Å². The Morgan fingerprint density at radius 1 is 1.58 bits per heavy atom. The Bertz CT molecular complexity index is 244. The van der Waals surface area contributed by atoms with Crippen molar-refractivity contribution in [2.75, 3.05) is 14.1 Å². The molecule has 68 valence electrons. The molecular formula is C8H15N3S. The number of nitrogens with zero attached hydrogens (tertiary/aromatic N) is 2. The van der Waals surface area contributed by atoms with Crippen LogP contribution in [-0.4, -0.2) is 24.1 Å². The molecular weight excluding hydrogens is 170 g/mol. The summed E-state index contributed by atoms with van der Waals surface area (Å²) >= 11 is 1.69. The SMILES string of the molecule is Cc1nc(C(C)NN(C)C)cs1. The quantitative estimate of drug-likeness (QED) is 0.725. The first-order chi connectivity index (χ1) is 5.59. The molecule has 1 heterocycles. The van der Waals surface area contributed by atoms with Gasteiger partial charge in [-0.3, -0.25) is 0 Å². The summed E-state index contributed by atoms with van der Waals surface area (Å²) in [5.41, 5.74) is 4.37. The van der Waals surface area contributed by atoms with E-state index in [1.165, 1.54) is 0 Å². The maximum atomic E-state index is 4.39. The van der Waals surface area contributed by atoms with E-state index >= 15 is 0 Å². The molecule has 0 bridgehead atoms. The van der Waals surface area contributed by atoms with Crippen LogP contribution in [0.25, 0.3) is 0 Å². The molecule has 12 heavy (non-hydrogen) atoms. The van der Waals surface area contributed by atoms with Crippen LogP contribution in [0.2, 0.25) is 0 Å². The minimum atomic E-state index is 0.296. The lowest BCUT2D eigenvalue weighted by molar-refractivity contribution is 0.250. The summed E-state index contributed by atoms with van der Waals surface area (Å²) < 4.78 is 0. The van der Waals surface area contributed by atoms with Crippen LogP contribution in [0.4, 0.5) is 0 Å². The average Bonchev–Trinajstić information content (AvgIpc) is 2.34. The highest BCUT2D eigenvalue weighted by atomic mass is 32.1. The van der Waals surface area contributed by atoms with Gasteiger partial charge in [0.2, 0.25) is 0 Å². The predicted molar refractivity (Wildman–Crippen MR) is 52.1 cm³/mol. The number of hydrazine groups is 1. The van der Waals surface area contributed by atoms with Gasteiger partial charge in [0.05, 0.1) is 16.7 Å². The molecule has 0 saturated carbocycles. The summed E-state index contributed by atoms with van der Waals surface area (Å²) in [4.78, 5) is 4.39. The van der Waals surface area contributed by atoms with Gasteiger partial charge >= 0.3 is 0 Å². The Morgan fingerprint density at radius 2 is 2.25 bits per heavy atom. The summed E-state index contributed by atoms with van der Waals surface area (Å²) in [5, 5.41) is 5.16. The number of aryl methyl sites for hydroxylation is 1. The Morgan fingerprint density at radius 3 is 2.67 bits per heavy atom. The molecule has 1 atom stereocenters. The van der Waals surface area contributed by atoms with Crippen LogP contribution in [0, 0.1) is 6.92 Å². The molecule has 0 aliphatic rings. The summed E-state index contributed by atoms with van der Waals surface area (Å²) in [7, 11) is 3.96. The molecule has 1 aromatic rings. The first-order valence-electron chi connectivity index (χ1n) is 3.95. The Balaban J connectivity index is 2.58. The highest BCUT2D eigenvalue weighted by Crippen LogP contribution is 2.15. The van der Waals surface area contributed by atoms with Crippen molar-refractivity contribution < 1.29 is 0 Å². The molecule has 3 nitrogen and oxygen atoms in total. The normalized spacial score (nSPS) is 13.8. The maximum Gasteiger partial charge on any atom is 0.0898 e. The van der Waals surface area contributed by atoms with Crippen LogP contribution in [0.3, 0.4) is 0 Å². The Labute approximate surface area is 77.4 Å². The lowest BCUT2D eigenvalue weighted by Crippen LogP contribution is -2.32. The van der Waals surface area contributed by atoms with E-state index in [-0.39, 0.29) is 0 Å².